The lowest BCUT2D eigenvalue weighted by Crippen LogP contribution is -2.46. The van der Waals surface area contributed by atoms with Crippen LogP contribution in [0.1, 0.15) is 27.7 Å². The van der Waals surface area contributed by atoms with Gasteiger partial charge >= 0.3 is 12.1 Å². The minimum absolute atomic E-state index is 0.306. The summed E-state index contributed by atoms with van der Waals surface area (Å²) >= 11 is 0. The first-order valence-electron chi connectivity index (χ1n) is 6.32. The predicted molar refractivity (Wildman–Crippen MR) is 71.7 cm³/mol. The second-order valence-corrected chi connectivity index (χ2v) is 5.27. The molecule has 0 aliphatic carbocycles. The largest absolute Gasteiger partial charge is 0.463 e. The van der Waals surface area contributed by atoms with Gasteiger partial charge in [0.05, 0.1) is 6.61 Å². The van der Waals surface area contributed by atoms with Gasteiger partial charge in [0.1, 0.15) is 5.60 Å². The fourth-order valence-electron chi connectivity index (χ4n) is 1.46. The molecule has 1 aliphatic heterocycles. The molecule has 0 radical (unpaired) electrons. The van der Waals surface area contributed by atoms with Gasteiger partial charge in [0.25, 0.3) is 0 Å². The Morgan fingerprint density at radius 2 is 1.95 bits per heavy atom. The molecular formula is C14H21NO4. The Morgan fingerprint density at radius 3 is 2.47 bits per heavy atom. The first-order valence-corrected chi connectivity index (χ1v) is 6.32. The van der Waals surface area contributed by atoms with Gasteiger partial charge in [0.2, 0.25) is 0 Å². The van der Waals surface area contributed by atoms with Crippen molar-refractivity contribution in [2.24, 2.45) is 0 Å². The normalized spacial score (nSPS) is 15.2. The molecule has 0 bridgehead atoms. The van der Waals surface area contributed by atoms with Crippen LogP contribution in [0.3, 0.4) is 0 Å². The number of hydrogen-bond donors (Lipinski definition) is 0. The van der Waals surface area contributed by atoms with Crippen molar-refractivity contribution in [1.82, 2.24) is 4.90 Å². The summed E-state index contributed by atoms with van der Waals surface area (Å²) in [7, 11) is 0. The van der Waals surface area contributed by atoms with E-state index in [2.05, 4.69) is 0 Å². The van der Waals surface area contributed by atoms with Crippen LogP contribution >= 0.6 is 0 Å². The summed E-state index contributed by atoms with van der Waals surface area (Å²) in [6, 6.07) is 0. The van der Waals surface area contributed by atoms with E-state index in [1.165, 1.54) is 6.08 Å². The lowest BCUT2D eigenvalue weighted by molar-refractivity contribution is -0.137. The van der Waals surface area contributed by atoms with Crippen molar-refractivity contribution in [2.75, 3.05) is 19.7 Å². The molecule has 1 fully saturated rings. The van der Waals surface area contributed by atoms with Gasteiger partial charge < -0.3 is 14.4 Å². The number of carbonyl (C=O) groups excluding carboxylic acids is 2. The number of esters is 1. The van der Waals surface area contributed by atoms with Crippen LogP contribution in [0.25, 0.3) is 0 Å². The number of ether oxygens (including phenoxy) is 2. The Bertz CT molecular complexity index is 396. The van der Waals surface area contributed by atoms with E-state index in [4.69, 9.17) is 9.47 Å². The van der Waals surface area contributed by atoms with Crippen LogP contribution in [-0.2, 0) is 14.3 Å². The second kappa shape index (κ2) is 6.41. The third-order valence-electron chi connectivity index (χ3n) is 2.29. The van der Waals surface area contributed by atoms with E-state index in [1.807, 2.05) is 26.8 Å². The highest BCUT2D eigenvalue weighted by molar-refractivity contribution is 5.82. The third-order valence-corrected chi connectivity index (χ3v) is 2.29. The number of nitrogens with zero attached hydrogens (tertiary/aromatic N) is 1. The zero-order valence-corrected chi connectivity index (χ0v) is 11.9. The van der Waals surface area contributed by atoms with Crippen LogP contribution < -0.4 is 0 Å². The summed E-state index contributed by atoms with van der Waals surface area (Å²) in [4.78, 5) is 24.3. The molecule has 0 aromatic carbocycles. The number of rotatable bonds is 3. The lowest BCUT2D eigenvalue weighted by atomic mass is 10.1. The quantitative estimate of drug-likeness (QED) is 0.581. The molecular weight excluding hydrogens is 246 g/mol. The van der Waals surface area contributed by atoms with Crippen molar-refractivity contribution in [3.63, 3.8) is 0 Å². The van der Waals surface area contributed by atoms with Crippen molar-refractivity contribution < 1.29 is 19.1 Å². The molecule has 5 nitrogen and oxygen atoms in total. The molecule has 0 unspecified atom stereocenters. The molecule has 19 heavy (non-hydrogen) atoms. The van der Waals surface area contributed by atoms with Crippen molar-refractivity contribution in [3.8, 4) is 0 Å². The maximum atomic E-state index is 11.6. The van der Waals surface area contributed by atoms with E-state index in [1.54, 1.807) is 17.9 Å². The molecule has 0 saturated carbocycles. The molecule has 0 atom stereocenters. The molecule has 1 amide bonds. The van der Waals surface area contributed by atoms with Crippen LogP contribution in [0.4, 0.5) is 4.79 Å². The molecule has 1 saturated heterocycles. The maximum Gasteiger partial charge on any atom is 0.410 e. The Hall–Kier alpha value is -1.78. The molecule has 0 aromatic heterocycles. The summed E-state index contributed by atoms with van der Waals surface area (Å²) in [5, 5.41) is 0. The highest BCUT2D eigenvalue weighted by atomic mass is 16.6. The molecule has 106 valence electrons. The maximum absolute atomic E-state index is 11.6. The monoisotopic (exact) mass is 267 g/mol. The van der Waals surface area contributed by atoms with Crippen molar-refractivity contribution in [1.29, 1.82) is 0 Å². The molecule has 0 aromatic rings. The average molecular weight is 267 g/mol. The van der Waals surface area contributed by atoms with Gasteiger partial charge in [-0.3, -0.25) is 0 Å². The third kappa shape index (κ3) is 5.59. The summed E-state index contributed by atoms with van der Waals surface area (Å²) in [6.45, 7) is 8.72. The fourth-order valence-corrected chi connectivity index (χ4v) is 1.46. The van der Waals surface area contributed by atoms with Gasteiger partial charge in [-0.05, 0) is 33.3 Å². The van der Waals surface area contributed by atoms with Crippen LogP contribution in [0.15, 0.2) is 23.8 Å². The van der Waals surface area contributed by atoms with Crippen molar-refractivity contribution in [3.05, 3.63) is 23.8 Å². The number of amides is 1. The summed E-state index contributed by atoms with van der Waals surface area (Å²) in [5.74, 6) is -0.359. The van der Waals surface area contributed by atoms with Gasteiger partial charge in [0, 0.05) is 19.2 Å². The predicted octanol–water partition coefficient (Wildman–Crippen LogP) is 2.28. The number of allylic oxidation sites excluding steroid dienone is 2. The zero-order chi connectivity index (χ0) is 14.5. The Kier molecular flexibility index (Phi) is 5.15. The van der Waals surface area contributed by atoms with Gasteiger partial charge in [-0.1, -0.05) is 12.2 Å². The topological polar surface area (TPSA) is 55.8 Å². The lowest BCUT2D eigenvalue weighted by Gasteiger charge is -2.35. The number of carbonyl (C=O) groups is 2. The van der Waals surface area contributed by atoms with Crippen molar-refractivity contribution in [2.45, 2.75) is 33.3 Å². The van der Waals surface area contributed by atoms with Gasteiger partial charge in [-0.15, -0.1) is 0 Å². The Balaban J connectivity index is 2.33. The first-order chi connectivity index (χ1) is 8.81. The first kappa shape index (κ1) is 15.3. The highest BCUT2D eigenvalue weighted by Gasteiger charge is 2.28. The minimum atomic E-state index is -0.472. The van der Waals surface area contributed by atoms with E-state index in [-0.39, 0.29) is 12.1 Å². The van der Waals surface area contributed by atoms with Gasteiger partial charge in [-0.25, -0.2) is 9.59 Å². The molecule has 1 rings (SSSR count). The number of hydrogen-bond acceptors (Lipinski definition) is 4. The van der Waals surface area contributed by atoms with E-state index < -0.39 is 5.60 Å². The number of likely N-dealkylation sites (tertiary alicyclic amines) is 1. The summed E-state index contributed by atoms with van der Waals surface area (Å²) in [6.07, 6.45) is 4.52. The van der Waals surface area contributed by atoms with E-state index >= 15 is 0 Å². The molecule has 0 spiro atoms. The smallest absolute Gasteiger partial charge is 0.410 e. The molecule has 1 aliphatic rings. The Morgan fingerprint density at radius 1 is 1.32 bits per heavy atom. The van der Waals surface area contributed by atoms with Crippen LogP contribution in [-0.4, -0.2) is 42.3 Å². The summed E-state index contributed by atoms with van der Waals surface area (Å²) in [5.41, 5.74) is 0.604. The van der Waals surface area contributed by atoms with Gasteiger partial charge in [0.15, 0.2) is 0 Å². The fraction of sp³-hybridized carbons (Fsp3) is 0.571. The van der Waals surface area contributed by atoms with Crippen LogP contribution in [0, 0.1) is 0 Å². The highest BCUT2D eigenvalue weighted by Crippen LogP contribution is 2.18. The average Bonchev–Trinajstić information content (AvgIpc) is 2.18. The van der Waals surface area contributed by atoms with Crippen molar-refractivity contribution >= 4 is 12.1 Å². The molecule has 1 heterocycles. The minimum Gasteiger partial charge on any atom is -0.463 e. The van der Waals surface area contributed by atoms with E-state index in [0.29, 0.717) is 19.7 Å². The standard InChI is InChI=1S/C14H21NO4/c1-5-18-12(16)8-6-7-11-9-15(10-11)13(17)19-14(2,3)4/h6-8H,5,9-10H2,1-4H3. The SMILES string of the molecule is CCOC(=O)C=CC=C1CN(C(=O)OC(C)(C)C)C1. The Labute approximate surface area is 113 Å². The second-order valence-electron chi connectivity index (χ2n) is 5.27. The van der Waals surface area contributed by atoms with Gasteiger partial charge in [-0.2, -0.15) is 0 Å². The van der Waals surface area contributed by atoms with Crippen LogP contribution in [0.2, 0.25) is 0 Å². The summed E-state index contributed by atoms with van der Waals surface area (Å²) < 4.78 is 9.98. The van der Waals surface area contributed by atoms with E-state index in [9.17, 15) is 9.59 Å². The molecule has 5 heteroatoms. The van der Waals surface area contributed by atoms with Crippen LogP contribution in [0.5, 0.6) is 0 Å². The molecule has 0 N–H and O–H groups in total. The van der Waals surface area contributed by atoms with E-state index in [0.717, 1.165) is 5.57 Å². The zero-order valence-electron chi connectivity index (χ0n) is 11.9.